The summed E-state index contributed by atoms with van der Waals surface area (Å²) in [5.41, 5.74) is -0.630. The van der Waals surface area contributed by atoms with E-state index in [2.05, 4.69) is 21.3 Å². The zero-order valence-electron chi connectivity index (χ0n) is 33.1. The molecule has 0 aromatic heterocycles. The van der Waals surface area contributed by atoms with Crippen molar-refractivity contribution in [1.82, 2.24) is 21.3 Å². The minimum Gasteiger partial charge on any atom is -0.390 e. The molecule has 0 aliphatic carbocycles. The Bertz CT molecular complexity index is 2080. The van der Waals surface area contributed by atoms with Crippen molar-refractivity contribution in [1.29, 1.82) is 0 Å². The van der Waals surface area contributed by atoms with E-state index in [-0.39, 0.29) is 36.1 Å². The molecular weight excluding hydrogens is 781 g/mol. The molecule has 0 spiro atoms. The fourth-order valence-electron chi connectivity index (χ4n) is 8.82. The summed E-state index contributed by atoms with van der Waals surface area (Å²) in [6, 6.07) is 40.5. The van der Waals surface area contributed by atoms with Gasteiger partial charge in [-0.05, 0) is 60.1 Å². The van der Waals surface area contributed by atoms with Gasteiger partial charge in [0.05, 0.1) is 17.5 Å². The summed E-state index contributed by atoms with van der Waals surface area (Å²) in [7, 11) is -1.54. The number of carbonyl (C=O) groups excluding carboxylic acids is 3. The van der Waals surface area contributed by atoms with Crippen LogP contribution >= 0.6 is 11.8 Å². The molecule has 13 heteroatoms. The summed E-state index contributed by atoms with van der Waals surface area (Å²) in [6.07, 6.45) is 4.23. The molecule has 3 aliphatic rings. The second-order valence-electron chi connectivity index (χ2n) is 15.4. The number of halogens is 2. The van der Waals surface area contributed by atoms with Crippen molar-refractivity contribution in [2.45, 2.75) is 67.1 Å². The molecule has 0 bridgehead atoms. The fraction of sp³-hybridized carbons (Fsp3) is 0.298. The van der Waals surface area contributed by atoms with Crippen LogP contribution in [-0.2, 0) is 25.3 Å². The van der Waals surface area contributed by atoms with Crippen molar-refractivity contribution in [2.24, 2.45) is 0 Å². The highest BCUT2D eigenvalue weighted by Gasteiger charge is 2.66. The van der Waals surface area contributed by atoms with Crippen LogP contribution in [0.1, 0.15) is 71.1 Å². The number of hydrogen-bond acceptors (Lipinski definition) is 6. The van der Waals surface area contributed by atoms with Gasteiger partial charge in [0.1, 0.15) is 22.8 Å². The predicted octanol–water partition coefficient (Wildman–Crippen LogP) is 6.95. The van der Waals surface area contributed by atoms with Gasteiger partial charge in [-0.15, -0.1) is 0 Å². The standard InChI is InChI=1S/C47H47BF2N4O5S/c49-37-29-32(44(56)52-28-16-15-27-51-41(55)26-14-13-25-40-43-39(31-60-40)53-45(57)54-43)30-38(50)42(37)48-58-46(33-17-5-1-6-18-33,34-19-7-2-8-20-34)47(59-48,35-21-9-3-10-22-35)36-23-11-4-12-24-36/h1-12,17-24,29-30,39-40,43H,13-16,25-28,31H2,(H,51,55)(H,52,56)(H2,53,54,57). The number of rotatable bonds is 16. The van der Waals surface area contributed by atoms with E-state index in [1.54, 1.807) is 0 Å². The molecule has 0 saturated carbocycles. The highest BCUT2D eigenvalue weighted by Crippen LogP contribution is 2.58. The Morgan fingerprint density at radius 3 is 1.67 bits per heavy atom. The molecule has 5 aromatic carbocycles. The first-order valence-corrected chi connectivity index (χ1v) is 21.7. The van der Waals surface area contributed by atoms with Crippen molar-refractivity contribution < 1.29 is 32.5 Å². The largest absolute Gasteiger partial charge is 0.501 e. The minimum atomic E-state index is -1.54. The topological polar surface area (TPSA) is 118 Å². The third-order valence-electron chi connectivity index (χ3n) is 11.7. The van der Waals surface area contributed by atoms with Crippen molar-refractivity contribution in [3.8, 4) is 0 Å². The summed E-state index contributed by atoms with van der Waals surface area (Å²) in [5, 5.41) is 12.0. The molecule has 4 N–H and O–H groups in total. The van der Waals surface area contributed by atoms with Crippen LogP contribution < -0.4 is 26.7 Å². The highest BCUT2D eigenvalue weighted by molar-refractivity contribution is 8.00. The molecule has 3 heterocycles. The monoisotopic (exact) mass is 828 g/mol. The molecule has 60 heavy (non-hydrogen) atoms. The second-order valence-corrected chi connectivity index (χ2v) is 16.7. The van der Waals surface area contributed by atoms with Crippen LogP contribution in [0, 0.1) is 11.6 Å². The first-order valence-electron chi connectivity index (χ1n) is 20.6. The lowest BCUT2D eigenvalue weighted by atomic mass is 9.66. The Balaban J connectivity index is 0.930. The number of carbonyl (C=O) groups is 3. The maximum atomic E-state index is 16.4. The molecule has 3 aliphatic heterocycles. The number of nitrogens with one attached hydrogen (secondary N) is 4. The van der Waals surface area contributed by atoms with Gasteiger partial charge in [-0.2, -0.15) is 11.8 Å². The van der Waals surface area contributed by atoms with Gasteiger partial charge in [-0.25, -0.2) is 13.6 Å². The number of amides is 4. The summed E-state index contributed by atoms with van der Waals surface area (Å²) in [5.74, 6) is -1.69. The van der Waals surface area contributed by atoms with Crippen LogP contribution in [0.2, 0.25) is 0 Å². The zero-order chi connectivity index (χ0) is 41.5. The SMILES string of the molecule is O=C(CCCCC1SCC2NC(=O)NC21)NCCCCNC(=O)c1cc(F)c(B2OC(c3ccccc3)(c3ccccc3)C(c3ccccc3)(c3ccccc3)O2)c(F)c1. The summed E-state index contributed by atoms with van der Waals surface area (Å²) >= 11 is 1.87. The van der Waals surface area contributed by atoms with Crippen LogP contribution in [0.4, 0.5) is 13.6 Å². The third-order valence-corrected chi connectivity index (χ3v) is 13.2. The molecule has 5 aromatic rings. The Morgan fingerprint density at radius 1 is 0.683 bits per heavy atom. The van der Waals surface area contributed by atoms with E-state index in [1.807, 2.05) is 133 Å². The molecule has 9 nitrogen and oxygen atoms in total. The average molecular weight is 829 g/mol. The van der Waals surface area contributed by atoms with Gasteiger partial charge in [-0.3, -0.25) is 9.59 Å². The predicted molar refractivity (Wildman–Crippen MR) is 230 cm³/mol. The van der Waals surface area contributed by atoms with E-state index in [0.29, 0.717) is 31.1 Å². The van der Waals surface area contributed by atoms with E-state index in [4.69, 9.17) is 9.31 Å². The number of thioether (sulfide) groups is 1. The average Bonchev–Trinajstić information content (AvgIpc) is 3.96. The number of benzene rings is 5. The van der Waals surface area contributed by atoms with E-state index >= 15 is 8.78 Å². The fourth-order valence-corrected chi connectivity index (χ4v) is 10.4. The van der Waals surface area contributed by atoms with Gasteiger partial charge in [0.2, 0.25) is 5.91 Å². The molecule has 3 unspecified atom stereocenters. The summed E-state index contributed by atoms with van der Waals surface area (Å²) < 4.78 is 46.9. The molecule has 3 atom stereocenters. The molecule has 3 saturated heterocycles. The van der Waals surface area contributed by atoms with Gasteiger partial charge in [0.25, 0.3) is 5.91 Å². The van der Waals surface area contributed by atoms with Crippen LogP contribution in [0.5, 0.6) is 0 Å². The molecule has 8 rings (SSSR count). The number of fused-ring (bicyclic) bond motifs is 1. The lowest BCUT2D eigenvalue weighted by Gasteiger charge is -2.46. The third kappa shape index (κ3) is 8.18. The highest BCUT2D eigenvalue weighted by atomic mass is 32.2. The van der Waals surface area contributed by atoms with Crippen LogP contribution in [0.15, 0.2) is 133 Å². The van der Waals surface area contributed by atoms with Gasteiger partial charge in [0, 0.05) is 36.1 Å². The Labute approximate surface area is 353 Å². The van der Waals surface area contributed by atoms with Crippen molar-refractivity contribution in [2.75, 3.05) is 18.8 Å². The smallest absolute Gasteiger partial charge is 0.390 e. The first kappa shape index (κ1) is 41.2. The second kappa shape index (κ2) is 18.4. The molecule has 4 amide bonds. The Kier molecular flexibility index (Phi) is 12.7. The van der Waals surface area contributed by atoms with Gasteiger partial charge < -0.3 is 30.6 Å². The van der Waals surface area contributed by atoms with Gasteiger partial charge >= 0.3 is 13.1 Å². The minimum absolute atomic E-state index is 0.0253. The zero-order valence-corrected chi connectivity index (χ0v) is 33.9. The van der Waals surface area contributed by atoms with Crippen molar-refractivity contribution in [3.05, 3.63) is 173 Å². The number of unbranched alkanes of at least 4 members (excludes halogenated alkanes) is 2. The normalized spacial score (nSPS) is 19.9. The maximum Gasteiger partial charge on any atom is 0.501 e. The maximum absolute atomic E-state index is 16.4. The lowest BCUT2D eigenvalue weighted by Crippen LogP contribution is -2.48. The van der Waals surface area contributed by atoms with Gasteiger partial charge in [0.15, 0.2) is 0 Å². The summed E-state index contributed by atoms with van der Waals surface area (Å²) in [4.78, 5) is 37.2. The Hall–Kier alpha value is -5.50. The lowest BCUT2D eigenvalue weighted by molar-refractivity contribution is -0.121. The van der Waals surface area contributed by atoms with Crippen LogP contribution in [0.3, 0.4) is 0 Å². The Morgan fingerprint density at radius 2 is 1.17 bits per heavy atom. The van der Waals surface area contributed by atoms with E-state index < -0.39 is 41.3 Å². The van der Waals surface area contributed by atoms with E-state index in [0.717, 1.165) is 59.4 Å². The van der Waals surface area contributed by atoms with Crippen LogP contribution in [-0.4, -0.2) is 61.1 Å². The van der Waals surface area contributed by atoms with E-state index in [9.17, 15) is 14.4 Å². The van der Waals surface area contributed by atoms with Gasteiger partial charge in [-0.1, -0.05) is 128 Å². The molecule has 3 fully saturated rings. The van der Waals surface area contributed by atoms with Crippen molar-refractivity contribution >= 4 is 42.2 Å². The summed E-state index contributed by atoms with van der Waals surface area (Å²) in [6.45, 7) is 0.712. The van der Waals surface area contributed by atoms with Crippen LogP contribution in [0.25, 0.3) is 0 Å². The molecule has 0 radical (unpaired) electrons. The molecule has 308 valence electrons. The quantitative estimate of drug-likeness (QED) is 0.0487. The number of hydrogen-bond donors (Lipinski definition) is 4. The molecular formula is C47H47BF2N4O5S. The first-order chi connectivity index (χ1) is 29.3. The van der Waals surface area contributed by atoms with E-state index in [1.165, 1.54) is 0 Å². The van der Waals surface area contributed by atoms with Crippen molar-refractivity contribution in [3.63, 3.8) is 0 Å². The number of urea groups is 1.